The molecule has 1 aromatic rings. The highest BCUT2D eigenvalue weighted by molar-refractivity contribution is 8.24. The Hall–Kier alpha value is -1.27. The minimum atomic E-state index is -0.264. The Kier molecular flexibility index (Phi) is 2.54. The van der Waals surface area contributed by atoms with Crippen LogP contribution in [0.4, 0.5) is 5.69 Å². The van der Waals surface area contributed by atoms with Crippen molar-refractivity contribution in [3.8, 4) is 11.5 Å². The summed E-state index contributed by atoms with van der Waals surface area (Å²) in [6.07, 6.45) is 0. The second kappa shape index (κ2) is 3.71. The summed E-state index contributed by atoms with van der Waals surface area (Å²) >= 11 is 6.28. The van der Waals surface area contributed by atoms with Crippen LogP contribution in [-0.4, -0.2) is 26.2 Å². The van der Waals surface area contributed by atoms with Gasteiger partial charge in [-0.2, -0.15) is 0 Å². The van der Waals surface area contributed by atoms with E-state index in [0.717, 1.165) is 0 Å². The van der Waals surface area contributed by atoms with Crippen LogP contribution in [-0.2, 0) is 4.79 Å². The molecule has 15 heavy (non-hydrogen) atoms. The minimum absolute atomic E-state index is 0.116. The second-order valence-corrected chi connectivity index (χ2v) is 4.57. The molecule has 0 unspecified atom stereocenters. The first-order valence-electron chi connectivity index (χ1n) is 4.11. The zero-order valence-corrected chi connectivity index (χ0v) is 9.14. The summed E-state index contributed by atoms with van der Waals surface area (Å²) in [5.41, 5.74) is 0.477. The fraction of sp³-hybridized carbons (Fsp3) is 0.111. The van der Waals surface area contributed by atoms with Gasteiger partial charge in [0.15, 0.2) is 11.5 Å². The number of thioether (sulfide) groups is 1. The van der Waals surface area contributed by atoms with Gasteiger partial charge in [0, 0.05) is 6.07 Å². The molecule has 0 aliphatic carbocycles. The predicted octanol–water partition coefficient (Wildman–Crippen LogP) is 1.46. The third-order valence-corrected chi connectivity index (χ3v) is 3.33. The summed E-state index contributed by atoms with van der Waals surface area (Å²) in [6, 6.07) is 4.17. The van der Waals surface area contributed by atoms with Gasteiger partial charge in [0.1, 0.15) is 4.32 Å². The second-order valence-electron chi connectivity index (χ2n) is 2.96. The highest BCUT2D eigenvalue weighted by Crippen LogP contribution is 2.33. The van der Waals surface area contributed by atoms with Crippen LogP contribution in [0.1, 0.15) is 0 Å². The smallest absolute Gasteiger partial charge is 0.243 e. The van der Waals surface area contributed by atoms with E-state index in [2.05, 4.69) is 0 Å². The lowest BCUT2D eigenvalue weighted by molar-refractivity contribution is -0.115. The van der Waals surface area contributed by atoms with Crippen LogP contribution in [0.5, 0.6) is 11.5 Å². The molecule has 78 valence electrons. The molecule has 0 aromatic heterocycles. The number of nitrogens with zero attached hydrogens (tertiary/aromatic N) is 1. The molecule has 0 spiro atoms. The fourth-order valence-electron chi connectivity index (χ4n) is 1.25. The monoisotopic (exact) mass is 241 g/mol. The van der Waals surface area contributed by atoms with Crippen molar-refractivity contribution in [1.82, 2.24) is 0 Å². The van der Waals surface area contributed by atoms with E-state index in [1.165, 1.54) is 34.9 Å². The molecule has 2 rings (SSSR count). The van der Waals surface area contributed by atoms with Crippen molar-refractivity contribution < 1.29 is 15.0 Å². The van der Waals surface area contributed by atoms with E-state index in [9.17, 15) is 9.90 Å². The molecule has 6 heteroatoms. The van der Waals surface area contributed by atoms with E-state index in [0.29, 0.717) is 15.8 Å². The van der Waals surface area contributed by atoms with Crippen molar-refractivity contribution in [3.63, 3.8) is 0 Å². The maximum Gasteiger partial charge on any atom is 0.243 e. The normalized spacial score (nSPS) is 16.1. The number of rotatable bonds is 1. The zero-order valence-electron chi connectivity index (χ0n) is 7.51. The fourth-order valence-corrected chi connectivity index (χ4v) is 2.35. The average molecular weight is 241 g/mol. The van der Waals surface area contributed by atoms with E-state index in [1.807, 2.05) is 0 Å². The number of amides is 1. The van der Waals surface area contributed by atoms with Crippen LogP contribution >= 0.6 is 24.0 Å². The summed E-state index contributed by atoms with van der Waals surface area (Å²) in [6.45, 7) is 0. The van der Waals surface area contributed by atoms with Crippen molar-refractivity contribution in [2.75, 3.05) is 10.7 Å². The number of hydrogen-bond donors (Lipinski definition) is 2. The summed E-state index contributed by atoms with van der Waals surface area (Å²) < 4.78 is 0.463. The summed E-state index contributed by atoms with van der Waals surface area (Å²) in [7, 11) is 0. The van der Waals surface area contributed by atoms with Crippen molar-refractivity contribution in [2.45, 2.75) is 0 Å². The van der Waals surface area contributed by atoms with Gasteiger partial charge in [0.25, 0.3) is 0 Å². The molecular weight excluding hydrogens is 234 g/mol. The molecule has 0 radical (unpaired) electrons. The highest BCUT2D eigenvalue weighted by Gasteiger charge is 2.28. The van der Waals surface area contributed by atoms with Crippen LogP contribution in [0.15, 0.2) is 18.2 Å². The number of phenolic OH excluding ortho intramolecular Hbond substituents is 2. The summed E-state index contributed by atoms with van der Waals surface area (Å²) in [5, 5.41) is 18.4. The highest BCUT2D eigenvalue weighted by atomic mass is 32.2. The molecule has 0 saturated carbocycles. The van der Waals surface area contributed by atoms with Crippen molar-refractivity contribution in [3.05, 3.63) is 18.2 Å². The largest absolute Gasteiger partial charge is 0.504 e. The lowest BCUT2D eigenvalue weighted by Gasteiger charge is -2.15. The van der Waals surface area contributed by atoms with E-state index in [4.69, 9.17) is 17.3 Å². The lowest BCUT2D eigenvalue weighted by Crippen LogP contribution is -2.27. The number of aromatic hydroxyl groups is 2. The number of thiocarbonyl (C=S) groups is 1. The standard InChI is InChI=1S/C9H7NO3S2/c11-6-2-1-5(3-7(6)12)10-8(13)4-15-9(10)14/h1-3,11-12H,4H2. The molecule has 1 aliphatic heterocycles. The molecule has 1 aromatic carbocycles. The van der Waals surface area contributed by atoms with Gasteiger partial charge in [0.2, 0.25) is 5.91 Å². The van der Waals surface area contributed by atoms with E-state index < -0.39 is 0 Å². The van der Waals surface area contributed by atoms with Gasteiger partial charge in [-0.1, -0.05) is 24.0 Å². The Morgan fingerprint density at radius 1 is 1.33 bits per heavy atom. The Balaban J connectivity index is 2.41. The van der Waals surface area contributed by atoms with Crippen LogP contribution in [0.3, 0.4) is 0 Å². The van der Waals surface area contributed by atoms with E-state index in [-0.39, 0.29) is 17.4 Å². The van der Waals surface area contributed by atoms with Gasteiger partial charge in [-0.15, -0.1) is 0 Å². The maximum absolute atomic E-state index is 11.5. The molecule has 4 nitrogen and oxygen atoms in total. The number of benzene rings is 1. The first-order chi connectivity index (χ1) is 7.09. The van der Waals surface area contributed by atoms with Crippen LogP contribution in [0.25, 0.3) is 0 Å². The Morgan fingerprint density at radius 2 is 2.07 bits per heavy atom. The van der Waals surface area contributed by atoms with Crippen molar-refractivity contribution in [1.29, 1.82) is 0 Å². The van der Waals surface area contributed by atoms with Gasteiger partial charge in [-0.25, -0.2) is 0 Å². The Labute approximate surface area is 95.5 Å². The predicted molar refractivity (Wildman–Crippen MR) is 62.3 cm³/mol. The number of phenols is 2. The van der Waals surface area contributed by atoms with Crippen LogP contribution in [0, 0.1) is 0 Å². The number of anilines is 1. The molecule has 1 amide bonds. The van der Waals surface area contributed by atoms with Crippen molar-refractivity contribution in [2.24, 2.45) is 0 Å². The molecule has 2 N–H and O–H groups in total. The maximum atomic E-state index is 11.5. The van der Waals surface area contributed by atoms with Crippen molar-refractivity contribution >= 4 is 39.9 Å². The molecule has 0 atom stereocenters. The lowest BCUT2D eigenvalue weighted by atomic mass is 10.2. The van der Waals surface area contributed by atoms with E-state index >= 15 is 0 Å². The quantitative estimate of drug-likeness (QED) is 0.576. The first kappa shape index (κ1) is 10.3. The van der Waals surface area contributed by atoms with Gasteiger partial charge < -0.3 is 10.2 Å². The molecule has 1 aliphatic rings. The summed E-state index contributed by atoms with van der Waals surface area (Å²) in [5.74, 6) is -0.278. The van der Waals surface area contributed by atoms with Gasteiger partial charge in [-0.3, -0.25) is 9.69 Å². The molecule has 0 bridgehead atoms. The number of carbonyl (C=O) groups is 1. The molecule has 1 fully saturated rings. The number of hydrogen-bond acceptors (Lipinski definition) is 5. The van der Waals surface area contributed by atoms with Crippen LogP contribution in [0.2, 0.25) is 0 Å². The van der Waals surface area contributed by atoms with Gasteiger partial charge >= 0.3 is 0 Å². The molecule has 1 saturated heterocycles. The first-order valence-corrected chi connectivity index (χ1v) is 5.50. The molecule has 1 heterocycles. The molecular formula is C9H7NO3S2. The zero-order chi connectivity index (χ0) is 11.0. The SMILES string of the molecule is O=C1CSC(=S)N1c1ccc(O)c(O)c1. The number of carbonyl (C=O) groups excluding carboxylic acids is 1. The Bertz CT molecular complexity index is 431. The average Bonchev–Trinajstić information content (AvgIpc) is 2.52. The topological polar surface area (TPSA) is 60.8 Å². The van der Waals surface area contributed by atoms with Gasteiger partial charge in [0.05, 0.1) is 11.4 Å². The van der Waals surface area contributed by atoms with Crippen LogP contribution < -0.4 is 4.90 Å². The van der Waals surface area contributed by atoms with Gasteiger partial charge in [-0.05, 0) is 12.1 Å². The third kappa shape index (κ3) is 1.78. The summed E-state index contributed by atoms with van der Waals surface area (Å²) in [4.78, 5) is 12.8. The third-order valence-electron chi connectivity index (χ3n) is 1.97. The van der Waals surface area contributed by atoms with E-state index in [1.54, 1.807) is 0 Å². The Morgan fingerprint density at radius 3 is 2.60 bits per heavy atom. The minimum Gasteiger partial charge on any atom is -0.504 e.